The predicted octanol–water partition coefficient (Wildman–Crippen LogP) is 1.65. The predicted molar refractivity (Wildman–Crippen MR) is 78.1 cm³/mol. The molecule has 6 nitrogen and oxygen atoms in total. The van der Waals surface area contributed by atoms with Crippen LogP contribution in [-0.2, 0) is 9.53 Å². The summed E-state index contributed by atoms with van der Waals surface area (Å²) in [5.74, 6) is 0.0562. The number of piperidine rings is 1. The fourth-order valence-electron chi connectivity index (χ4n) is 3.28. The first kappa shape index (κ1) is 16.1. The summed E-state index contributed by atoms with van der Waals surface area (Å²) in [5.41, 5.74) is 0. The van der Waals surface area contributed by atoms with Crippen molar-refractivity contribution in [2.75, 3.05) is 33.3 Å². The average molecular weight is 298 g/mol. The maximum absolute atomic E-state index is 12.5. The fraction of sp³-hybridized carbons (Fsp3) is 0.867. The fourth-order valence-corrected chi connectivity index (χ4v) is 3.28. The molecule has 0 aromatic rings. The zero-order chi connectivity index (χ0) is 15.4. The SMILES string of the molecule is COC1CN(C(=O)N2CCC(CCC(=O)O)C2)CCC1C. The number of ether oxygens (including phenoxy) is 1. The third kappa shape index (κ3) is 4.09. The molecular formula is C15H26N2O4. The minimum Gasteiger partial charge on any atom is -0.481 e. The van der Waals surface area contributed by atoms with E-state index < -0.39 is 5.97 Å². The molecule has 21 heavy (non-hydrogen) atoms. The molecule has 0 bridgehead atoms. The van der Waals surface area contributed by atoms with E-state index in [1.807, 2.05) is 9.80 Å². The molecule has 0 saturated carbocycles. The summed E-state index contributed by atoms with van der Waals surface area (Å²) in [4.78, 5) is 26.9. The molecule has 3 unspecified atom stereocenters. The maximum atomic E-state index is 12.5. The summed E-state index contributed by atoms with van der Waals surface area (Å²) < 4.78 is 5.45. The second-order valence-corrected chi connectivity index (χ2v) is 6.30. The molecule has 1 N–H and O–H groups in total. The molecule has 2 aliphatic rings. The Bertz CT molecular complexity index is 388. The summed E-state index contributed by atoms with van der Waals surface area (Å²) in [5, 5.41) is 8.73. The van der Waals surface area contributed by atoms with E-state index in [1.165, 1.54) is 0 Å². The number of carbonyl (C=O) groups is 2. The number of carboxylic acid groups (broad SMARTS) is 1. The Balaban J connectivity index is 1.82. The molecule has 6 heteroatoms. The Labute approximate surface area is 126 Å². The van der Waals surface area contributed by atoms with Gasteiger partial charge in [-0.15, -0.1) is 0 Å². The number of likely N-dealkylation sites (tertiary alicyclic amines) is 2. The molecule has 0 aromatic carbocycles. The second kappa shape index (κ2) is 7.11. The van der Waals surface area contributed by atoms with Crippen LogP contribution < -0.4 is 0 Å². The van der Waals surface area contributed by atoms with E-state index >= 15 is 0 Å². The minimum absolute atomic E-state index is 0.0850. The number of amides is 2. The number of aliphatic carboxylic acids is 1. The van der Waals surface area contributed by atoms with E-state index in [0.29, 0.717) is 31.3 Å². The van der Waals surface area contributed by atoms with Gasteiger partial charge in [0.05, 0.1) is 6.10 Å². The van der Waals surface area contributed by atoms with E-state index in [2.05, 4.69) is 6.92 Å². The third-order valence-corrected chi connectivity index (χ3v) is 4.79. The van der Waals surface area contributed by atoms with Crippen molar-refractivity contribution in [1.29, 1.82) is 0 Å². The lowest BCUT2D eigenvalue weighted by Crippen LogP contribution is -2.51. The lowest BCUT2D eigenvalue weighted by atomic mass is 9.96. The first-order chi connectivity index (χ1) is 10.0. The van der Waals surface area contributed by atoms with E-state index in [-0.39, 0.29) is 18.6 Å². The van der Waals surface area contributed by atoms with E-state index in [4.69, 9.17) is 9.84 Å². The van der Waals surface area contributed by atoms with Gasteiger partial charge in [-0.3, -0.25) is 4.79 Å². The van der Waals surface area contributed by atoms with Crippen molar-refractivity contribution in [2.24, 2.45) is 11.8 Å². The Kier molecular flexibility index (Phi) is 5.45. The molecule has 0 aromatic heterocycles. The summed E-state index contributed by atoms with van der Waals surface area (Å²) >= 11 is 0. The second-order valence-electron chi connectivity index (χ2n) is 6.30. The van der Waals surface area contributed by atoms with Crippen molar-refractivity contribution in [3.63, 3.8) is 0 Å². The van der Waals surface area contributed by atoms with Crippen molar-refractivity contribution in [2.45, 2.75) is 38.7 Å². The van der Waals surface area contributed by atoms with Gasteiger partial charge in [0.1, 0.15) is 0 Å². The summed E-state index contributed by atoms with van der Waals surface area (Å²) in [7, 11) is 1.70. The molecule has 2 aliphatic heterocycles. The molecule has 0 spiro atoms. The first-order valence-electron chi connectivity index (χ1n) is 7.79. The van der Waals surface area contributed by atoms with Crippen molar-refractivity contribution < 1.29 is 19.4 Å². The van der Waals surface area contributed by atoms with E-state index in [1.54, 1.807) is 7.11 Å². The number of hydrogen-bond acceptors (Lipinski definition) is 3. The monoisotopic (exact) mass is 298 g/mol. The molecule has 2 heterocycles. The number of methoxy groups -OCH3 is 1. The number of carboxylic acids is 1. The molecular weight excluding hydrogens is 272 g/mol. The lowest BCUT2D eigenvalue weighted by molar-refractivity contribution is -0.137. The largest absolute Gasteiger partial charge is 0.481 e. The Morgan fingerprint density at radius 2 is 1.86 bits per heavy atom. The van der Waals surface area contributed by atoms with Gasteiger partial charge in [-0.2, -0.15) is 0 Å². The van der Waals surface area contributed by atoms with Gasteiger partial charge in [0.2, 0.25) is 0 Å². The van der Waals surface area contributed by atoms with Crippen LogP contribution >= 0.6 is 0 Å². The molecule has 2 saturated heterocycles. The average Bonchev–Trinajstić information content (AvgIpc) is 2.93. The summed E-state index contributed by atoms with van der Waals surface area (Å²) in [6, 6.07) is 0.0850. The lowest BCUT2D eigenvalue weighted by Gasteiger charge is -2.38. The van der Waals surface area contributed by atoms with E-state index in [9.17, 15) is 9.59 Å². The van der Waals surface area contributed by atoms with Crippen LogP contribution in [0.25, 0.3) is 0 Å². The van der Waals surface area contributed by atoms with E-state index in [0.717, 1.165) is 25.9 Å². The van der Waals surface area contributed by atoms with Gasteiger partial charge >= 0.3 is 12.0 Å². The molecule has 2 amide bonds. The smallest absolute Gasteiger partial charge is 0.320 e. The number of carbonyl (C=O) groups excluding carboxylic acids is 1. The Morgan fingerprint density at radius 1 is 1.19 bits per heavy atom. The van der Waals surface area contributed by atoms with Crippen molar-refractivity contribution >= 4 is 12.0 Å². The highest BCUT2D eigenvalue weighted by molar-refractivity contribution is 5.75. The molecule has 2 rings (SSSR count). The Hall–Kier alpha value is -1.30. The maximum Gasteiger partial charge on any atom is 0.320 e. The van der Waals surface area contributed by atoms with Crippen molar-refractivity contribution in [3.8, 4) is 0 Å². The molecule has 120 valence electrons. The minimum atomic E-state index is -0.757. The molecule has 2 fully saturated rings. The molecule has 0 aliphatic carbocycles. The zero-order valence-electron chi connectivity index (χ0n) is 13.0. The third-order valence-electron chi connectivity index (χ3n) is 4.79. The van der Waals surface area contributed by atoms with Crippen LogP contribution in [0.2, 0.25) is 0 Å². The highest BCUT2D eigenvalue weighted by Gasteiger charge is 2.34. The van der Waals surface area contributed by atoms with Crippen LogP contribution in [0.15, 0.2) is 0 Å². The van der Waals surface area contributed by atoms with Crippen molar-refractivity contribution in [1.82, 2.24) is 9.80 Å². The van der Waals surface area contributed by atoms with Gasteiger partial charge in [0, 0.05) is 39.7 Å². The van der Waals surface area contributed by atoms with Crippen LogP contribution in [0.3, 0.4) is 0 Å². The molecule has 0 radical (unpaired) electrons. The number of rotatable bonds is 4. The van der Waals surface area contributed by atoms with Gasteiger partial charge in [-0.1, -0.05) is 6.92 Å². The summed E-state index contributed by atoms with van der Waals surface area (Å²) in [6.45, 7) is 5.04. The van der Waals surface area contributed by atoms with Gasteiger partial charge in [0.15, 0.2) is 0 Å². The highest BCUT2D eigenvalue weighted by atomic mass is 16.5. The van der Waals surface area contributed by atoms with Gasteiger partial charge in [-0.25, -0.2) is 4.79 Å². The van der Waals surface area contributed by atoms with Crippen LogP contribution in [0.5, 0.6) is 0 Å². The number of nitrogens with zero attached hydrogens (tertiary/aromatic N) is 2. The molecule has 3 atom stereocenters. The number of urea groups is 1. The van der Waals surface area contributed by atoms with Crippen LogP contribution in [0, 0.1) is 11.8 Å². The number of hydrogen-bond donors (Lipinski definition) is 1. The highest BCUT2D eigenvalue weighted by Crippen LogP contribution is 2.25. The quantitative estimate of drug-likeness (QED) is 0.857. The van der Waals surface area contributed by atoms with Gasteiger partial charge in [0.25, 0.3) is 0 Å². The van der Waals surface area contributed by atoms with Crippen LogP contribution in [0.1, 0.15) is 32.6 Å². The van der Waals surface area contributed by atoms with Crippen molar-refractivity contribution in [3.05, 3.63) is 0 Å². The zero-order valence-corrected chi connectivity index (χ0v) is 13.0. The van der Waals surface area contributed by atoms with Gasteiger partial charge in [-0.05, 0) is 31.1 Å². The van der Waals surface area contributed by atoms with Crippen LogP contribution in [0.4, 0.5) is 4.79 Å². The van der Waals surface area contributed by atoms with Gasteiger partial charge < -0.3 is 19.6 Å². The standard InChI is InChI=1S/C15H26N2O4/c1-11-5-7-17(10-13(11)21-2)15(20)16-8-6-12(9-16)3-4-14(18)19/h11-13H,3-10H2,1-2H3,(H,18,19). The topological polar surface area (TPSA) is 70.1 Å². The normalized spacial score (nSPS) is 29.7. The van der Waals surface area contributed by atoms with Crippen LogP contribution in [-0.4, -0.2) is 66.3 Å². The Morgan fingerprint density at radius 3 is 2.52 bits per heavy atom. The summed E-state index contributed by atoms with van der Waals surface area (Å²) in [6.07, 6.45) is 2.86. The first-order valence-corrected chi connectivity index (χ1v) is 7.79.